The largest absolute Gasteiger partial charge is 0.491 e. The summed E-state index contributed by atoms with van der Waals surface area (Å²) in [6.45, 7) is 3.92. The van der Waals surface area contributed by atoms with Gasteiger partial charge >= 0.3 is 0 Å². The molecule has 2 rings (SSSR count). The molecular formula is C13H15N3O2. The molecule has 0 spiro atoms. The molecule has 0 aliphatic rings. The number of anilines is 1. The maximum atomic E-state index is 11.9. The lowest BCUT2D eigenvalue weighted by Crippen LogP contribution is -2.11. The van der Waals surface area contributed by atoms with E-state index in [1.807, 2.05) is 13.8 Å². The van der Waals surface area contributed by atoms with Gasteiger partial charge in [-0.05, 0) is 38.1 Å². The Morgan fingerprint density at radius 1 is 1.33 bits per heavy atom. The van der Waals surface area contributed by atoms with E-state index in [9.17, 15) is 4.79 Å². The minimum Gasteiger partial charge on any atom is -0.491 e. The highest BCUT2D eigenvalue weighted by atomic mass is 16.5. The topological polar surface area (TPSA) is 67.0 Å². The second kappa shape index (κ2) is 5.35. The predicted octanol–water partition coefficient (Wildman–Crippen LogP) is 2.45. The normalized spacial score (nSPS) is 10.4. The van der Waals surface area contributed by atoms with Gasteiger partial charge < -0.3 is 10.1 Å². The average molecular weight is 245 g/mol. The van der Waals surface area contributed by atoms with Crippen molar-refractivity contribution in [3.63, 3.8) is 0 Å². The second-order valence-corrected chi connectivity index (χ2v) is 4.13. The summed E-state index contributed by atoms with van der Waals surface area (Å²) < 4.78 is 5.51. The van der Waals surface area contributed by atoms with Crippen LogP contribution in [0.4, 0.5) is 5.69 Å². The van der Waals surface area contributed by atoms with E-state index in [2.05, 4.69) is 15.5 Å². The first-order chi connectivity index (χ1) is 8.65. The number of hydrogen-bond acceptors (Lipinski definition) is 3. The van der Waals surface area contributed by atoms with Crippen molar-refractivity contribution >= 4 is 11.6 Å². The minimum atomic E-state index is -0.174. The molecule has 0 atom stereocenters. The summed E-state index contributed by atoms with van der Waals surface area (Å²) in [5.41, 5.74) is 1.22. The molecule has 1 heterocycles. The third kappa shape index (κ3) is 3.10. The molecule has 5 heteroatoms. The number of nitrogens with zero attached hydrogens (tertiary/aromatic N) is 1. The molecule has 0 saturated carbocycles. The van der Waals surface area contributed by atoms with Gasteiger partial charge in [0.15, 0.2) is 0 Å². The van der Waals surface area contributed by atoms with Crippen molar-refractivity contribution in [3.05, 3.63) is 42.2 Å². The quantitative estimate of drug-likeness (QED) is 0.869. The standard InChI is InChI=1S/C13H15N3O2/c1-9(2)18-12-5-3-10(4-6-12)13(17)16-11-7-14-15-8-11/h3-9H,1-2H3,(H,14,15)(H,16,17). The van der Waals surface area contributed by atoms with Gasteiger partial charge in [0.25, 0.3) is 5.91 Å². The molecule has 2 aromatic rings. The number of hydrogen-bond donors (Lipinski definition) is 2. The molecule has 0 unspecified atom stereocenters. The molecule has 1 amide bonds. The van der Waals surface area contributed by atoms with Crippen molar-refractivity contribution in [2.45, 2.75) is 20.0 Å². The van der Waals surface area contributed by atoms with E-state index in [4.69, 9.17) is 4.74 Å². The fourth-order valence-electron chi connectivity index (χ4n) is 1.48. The van der Waals surface area contributed by atoms with Crippen LogP contribution in [-0.2, 0) is 0 Å². The third-order valence-electron chi connectivity index (χ3n) is 2.24. The van der Waals surface area contributed by atoms with Gasteiger partial charge in [-0.15, -0.1) is 0 Å². The first-order valence-corrected chi connectivity index (χ1v) is 5.72. The highest BCUT2D eigenvalue weighted by Gasteiger charge is 2.07. The summed E-state index contributed by atoms with van der Waals surface area (Å²) in [6.07, 6.45) is 3.29. The number of benzene rings is 1. The molecule has 0 bridgehead atoms. The van der Waals surface area contributed by atoms with Crippen molar-refractivity contribution in [1.82, 2.24) is 10.2 Å². The lowest BCUT2D eigenvalue weighted by atomic mass is 10.2. The third-order valence-corrected chi connectivity index (χ3v) is 2.24. The number of rotatable bonds is 4. The van der Waals surface area contributed by atoms with Gasteiger partial charge in [-0.25, -0.2) is 0 Å². The molecule has 0 saturated heterocycles. The Morgan fingerprint density at radius 2 is 2.06 bits per heavy atom. The van der Waals surface area contributed by atoms with Crippen LogP contribution in [0.5, 0.6) is 5.75 Å². The van der Waals surface area contributed by atoms with E-state index in [1.165, 1.54) is 0 Å². The van der Waals surface area contributed by atoms with Crippen LogP contribution in [0.1, 0.15) is 24.2 Å². The van der Waals surface area contributed by atoms with Gasteiger partial charge in [0.05, 0.1) is 18.0 Å². The zero-order valence-corrected chi connectivity index (χ0v) is 10.3. The number of ether oxygens (including phenoxy) is 1. The lowest BCUT2D eigenvalue weighted by Gasteiger charge is -2.09. The predicted molar refractivity (Wildman–Crippen MR) is 68.7 cm³/mol. The zero-order valence-electron chi connectivity index (χ0n) is 10.3. The van der Waals surface area contributed by atoms with Crippen molar-refractivity contribution in [1.29, 1.82) is 0 Å². The molecule has 0 fully saturated rings. The Morgan fingerprint density at radius 3 is 2.61 bits per heavy atom. The summed E-state index contributed by atoms with van der Waals surface area (Å²) >= 11 is 0. The number of aromatic nitrogens is 2. The van der Waals surface area contributed by atoms with Crippen molar-refractivity contribution in [2.24, 2.45) is 0 Å². The first-order valence-electron chi connectivity index (χ1n) is 5.72. The van der Waals surface area contributed by atoms with Crippen LogP contribution in [0, 0.1) is 0 Å². The van der Waals surface area contributed by atoms with E-state index >= 15 is 0 Å². The Hall–Kier alpha value is -2.30. The molecule has 94 valence electrons. The van der Waals surface area contributed by atoms with Gasteiger partial charge in [-0.2, -0.15) is 5.10 Å². The van der Waals surface area contributed by atoms with Crippen molar-refractivity contribution in [3.8, 4) is 5.75 Å². The van der Waals surface area contributed by atoms with Gasteiger partial charge in [-0.3, -0.25) is 9.89 Å². The zero-order chi connectivity index (χ0) is 13.0. The summed E-state index contributed by atoms with van der Waals surface area (Å²) in [7, 11) is 0. The van der Waals surface area contributed by atoms with Gasteiger partial charge in [0, 0.05) is 11.8 Å². The molecule has 0 aliphatic carbocycles. The summed E-state index contributed by atoms with van der Waals surface area (Å²) in [5.74, 6) is 0.581. The van der Waals surface area contributed by atoms with Crippen molar-refractivity contribution in [2.75, 3.05) is 5.32 Å². The van der Waals surface area contributed by atoms with Crippen LogP contribution < -0.4 is 10.1 Å². The van der Waals surface area contributed by atoms with Crippen LogP contribution in [-0.4, -0.2) is 22.2 Å². The SMILES string of the molecule is CC(C)Oc1ccc(C(=O)Nc2cn[nH]c2)cc1. The fourth-order valence-corrected chi connectivity index (χ4v) is 1.48. The monoisotopic (exact) mass is 245 g/mol. The smallest absolute Gasteiger partial charge is 0.255 e. The highest BCUT2D eigenvalue weighted by Crippen LogP contribution is 2.14. The molecular weight excluding hydrogens is 230 g/mol. The van der Waals surface area contributed by atoms with Crippen LogP contribution in [0.15, 0.2) is 36.7 Å². The minimum absolute atomic E-state index is 0.121. The Balaban J connectivity index is 2.03. The van der Waals surface area contributed by atoms with E-state index in [0.29, 0.717) is 11.3 Å². The Kier molecular flexibility index (Phi) is 3.62. The van der Waals surface area contributed by atoms with E-state index < -0.39 is 0 Å². The van der Waals surface area contributed by atoms with Gasteiger partial charge in [-0.1, -0.05) is 0 Å². The number of amides is 1. The summed E-state index contributed by atoms with van der Waals surface area (Å²) in [6, 6.07) is 7.02. The first kappa shape index (κ1) is 12.2. The van der Waals surface area contributed by atoms with Gasteiger partial charge in [0.1, 0.15) is 5.75 Å². The van der Waals surface area contributed by atoms with Crippen LogP contribution in [0.2, 0.25) is 0 Å². The Labute approximate surface area is 105 Å². The molecule has 2 N–H and O–H groups in total. The summed E-state index contributed by atoms with van der Waals surface area (Å²) in [4.78, 5) is 11.9. The summed E-state index contributed by atoms with van der Waals surface area (Å²) in [5, 5.41) is 9.11. The number of H-pyrrole nitrogens is 1. The van der Waals surface area contributed by atoms with E-state index in [1.54, 1.807) is 36.7 Å². The molecule has 1 aromatic carbocycles. The molecule has 0 radical (unpaired) electrons. The van der Waals surface area contributed by atoms with Crippen LogP contribution in [0.3, 0.4) is 0 Å². The molecule has 5 nitrogen and oxygen atoms in total. The number of aromatic amines is 1. The molecule has 0 aliphatic heterocycles. The number of nitrogens with one attached hydrogen (secondary N) is 2. The van der Waals surface area contributed by atoms with Crippen molar-refractivity contribution < 1.29 is 9.53 Å². The van der Waals surface area contributed by atoms with E-state index in [0.717, 1.165) is 5.75 Å². The Bertz CT molecular complexity index is 504. The lowest BCUT2D eigenvalue weighted by molar-refractivity contribution is 0.102. The van der Waals surface area contributed by atoms with Crippen LogP contribution in [0.25, 0.3) is 0 Å². The molecule has 18 heavy (non-hydrogen) atoms. The maximum absolute atomic E-state index is 11.9. The maximum Gasteiger partial charge on any atom is 0.255 e. The number of carbonyl (C=O) groups excluding carboxylic acids is 1. The average Bonchev–Trinajstić information content (AvgIpc) is 2.82. The van der Waals surface area contributed by atoms with Gasteiger partial charge in [0.2, 0.25) is 0 Å². The number of carbonyl (C=O) groups is 1. The van der Waals surface area contributed by atoms with Crippen LogP contribution >= 0.6 is 0 Å². The molecule has 1 aromatic heterocycles. The second-order valence-electron chi connectivity index (χ2n) is 4.13. The van der Waals surface area contributed by atoms with E-state index in [-0.39, 0.29) is 12.0 Å². The fraction of sp³-hybridized carbons (Fsp3) is 0.231. The highest BCUT2D eigenvalue weighted by molar-refractivity contribution is 6.04.